The summed E-state index contributed by atoms with van der Waals surface area (Å²) in [6.07, 6.45) is 0. The molecular weight excluding hydrogens is 304 g/mol. The van der Waals surface area contributed by atoms with Gasteiger partial charge < -0.3 is 14.4 Å². The number of thiophene rings is 1. The summed E-state index contributed by atoms with van der Waals surface area (Å²) in [5, 5.41) is 0. The highest BCUT2D eigenvalue weighted by molar-refractivity contribution is 7.13. The molecule has 2 fully saturated rings. The van der Waals surface area contributed by atoms with Crippen molar-refractivity contribution in [2.75, 3.05) is 40.5 Å². The molecule has 1 aromatic rings. The van der Waals surface area contributed by atoms with Gasteiger partial charge in [0.05, 0.1) is 32.3 Å². The first-order valence-electron chi connectivity index (χ1n) is 7.32. The maximum absolute atomic E-state index is 12.3. The van der Waals surface area contributed by atoms with E-state index in [1.54, 1.807) is 6.07 Å². The molecular formula is C15H20N2O4S. The number of hydrogen-bond donors (Lipinski definition) is 0. The Morgan fingerprint density at radius 3 is 3.00 bits per heavy atom. The number of likely N-dealkylation sites (N-methyl/N-ethyl adjacent to an activating group) is 1. The van der Waals surface area contributed by atoms with Gasteiger partial charge in [-0.25, -0.2) is 4.79 Å². The molecule has 6 nitrogen and oxygen atoms in total. The Kier molecular flexibility index (Phi) is 4.46. The van der Waals surface area contributed by atoms with Crippen LogP contribution in [0.4, 0.5) is 0 Å². The van der Waals surface area contributed by atoms with E-state index in [-0.39, 0.29) is 23.8 Å². The zero-order chi connectivity index (χ0) is 15.7. The number of fused-ring (bicyclic) bond motifs is 3. The number of methoxy groups -OCH3 is 1. The van der Waals surface area contributed by atoms with Crippen molar-refractivity contribution in [3.05, 3.63) is 21.9 Å². The molecule has 3 rings (SSSR count). The molecule has 2 bridgehead atoms. The summed E-state index contributed by atoms with van der Waals surface area (Å²) in [7, 11) is 3.25. The van der Waals surface area contributed by atoms with Crippen molar-refractivity contribution >= 4 is 23.2 Å². The van der Waals surface area contributed by atoms with Crippen molar-refractivity contribution in [1.82, 2.24) is 9.80 Å². The first-order valence-corrected chi connectivity index (χ1v) is 8.14. The van der Waals surface area contributed by atoms with Gasteiger partial charge in [0.15, 0.2) is 0 Å². The molecule has 0 spiro atoms. The van der Waals surface area contributed by atoms with Crippen molar-refractivity contribution < 1.29 is 19.1 Å². The first-order chi connectivity index (χ1) is 10.6. The van der Waals surface area contributed by atoms with Crippen LogP contribution < -0.4 is 0 Å². The van der Waals surface area contributed by atoms with Crippen LogP contribution in [-0.2, 0) is 20.8 Å². The highest BCUT2D eigenvalue weighted by atomic mass is 32.1. The van der Waals surface area contributed by atoms with Crippen molar-refractivity contribution in [2.45, 2.75) is 12.6 Å². The summed E-state index contributed by atoms with van der Waals surface area (Å²) in [6, 6.07) is 3.85. The lowest BCUT2D eigenvalue weighted by Crippen LogP contribution is -2.42. The monoisotopic (exact) mass is 324 g/mol. The molecule has 0 saturated carbocycles. The molecule has 0 radical (unpaired) electrons. The van der Waals surface area contributed by atoms with Crippen molar-refractivity contribution in [3.63, 3.8) is 0 Å². The molecule has 2 aliphatic rings. The fourth-order valence-corrected chi connectivity index (χ4v) is 3.98. The summed E-state index contributed by atoms with van der Waals surface area (Å²) >= 11 is 1.45. The number of nitrogens with zero attached hydrogens (tertiary/aromatic N) is 2. The van der Waals surface area contributed by atoms with Crippen molar-refractivity contribution in [1.29, 1.82) is 0 Å². The van der Waals surface area contributed by atoms with Crippen LogP contribution in [0, 0.1) is 5.92 Å². The lowest BCUT2D eigenvalue weighted by atomic mass is 10.1. The van der Waals surface area contributed by atoms with Crippen LogP contribution in [0.15, 0.2) is 12.1 Å². The summed E-state index contributed by atoms with van der Waals surface area (Å²) in [5.74, 6) is -0.226. The minimum absolute atomic E-state index is 0.0973. The van der Waals surface area contributed by atoms with Crippen LogP contribution in [0.3, 0.4) is 0 Å². The predicted octanol–water partition coefficient (Wildman–Crippen LogP) is 0.824. The number of amides is 1. The Balaban J connectivity index is 1.72. The summed E-state index contributed by atoms with van der Waals surface area (Å²) in [6.45, 7) is 3.33. The zero-order valence-corrected chi connectivity index (χ0v) is 13.6. The maximum Gasteiger partial charge on any atom is 0.348 e. The maximum atomic E-state index is 12.3. The van der Waals surface area contributed by atoms with E-state index in [4.69, 9.17) is 9.47 Å². The van der Waals surface area contributed by atoms with E-state index in [1.807, 2.05) is 18.0 Å². The largest absolute Gasteiger partial charge is 0.465 e. The minimum Gasteiger partial charge on any atom is -0.465 e. The van der Waals surface area contributed by atoms with Crippen molar-refractivity contribution in [2.24, 2.45) is 5.92 Å². The standard InChI is InChI=1S/C15H20N2O4S/c1-16-11-6-17(5-10(14(16)18)8-21-9-11)7-12-3-4-13(22-12)15(19)20-2/h3-4,10-11H,5-9H2,1-2H3/t10-,11+/m1/s1. The van der Waals surface area contributed by atoms with Gasteiger partial charge >= 0.3 is 5.97 Å². The molecule has 3 heterocycles. The van der Waals surface area contributed by atoms with Gasteiger partial charge in [-0.15, -0.1) is 11.3 Å². The third-order valence-electron chi connectivity index (χ3n) is 4.25. The Morgan fingerprint density at radius 2 is 2.23 bits per heavy atom. The van der Waals surface area contributed by atoms with Crippen LogP contribution in [0.1, 0.15) is 14.5 Å². The van der Waals surface area contributed by atoms with Gasteiger partial charge in [-0.05, 0) is 12.1 Å². The molecule has 0 aromatic carbocycles. The Hall–Kier alpha value is -1.44. The Bertz CT molecular complexity index is 574. The van der Waals surface area contributed by atoms with E-state index < -0.39 is 0 Å². The molecule has 2 saturated heterocycles. The van der Waals surface area contributed by atoms with Crippen molar-refractivity contribution in [3.8, 4) is 0 Å². The number of ether oxygens (including phenoxy) is 2. The second-order valence-electron chi connectivity index (χ2n) is 5.79. The topological polar surface area (TPSA) is 59.1 Å². The van der Waals surface area contributed by atoms with Gasteiger partial charge in [-0.2, -0.15) is 0 Å². The average molecular weight is 324 g/mol. The summed E-state index contributed by atoms with van der Waals surface area (Å²) < 4.78 is 10.3. The normalized spacial score (nSPS) is 25.9. The Labute approximate surface area is 133 Å². The number of hydrogen-bond acceptors (Lipinski definition) is 6. The van der Waals surface area contributed by atoms with E-state index in [0.29, 0.717) is 24.6 Å². The molecule has 0 N–H and O–H groups in total. The molecule has 22 heavy (non-hydrogen) atoms. The van der Waals surface area contributed by atoms with Crippen LogP contribution in [-0.4, -0.2) is 68.2 Å². The molecule has 2 atom stereocenters. The second-order valence-corrected chi connectivity index (χ2v) is 6.96. The lowest BCUT2D eigenvalue weighted by Gasteiger charge is -2.28. The number of esters is 1. The highest BCUT2D eigenvalue weighted by Crippen LogP contribution is 2.24. The molecule has 1 aromatic heterocycles. The van der Waals surface area contributed by atoms with Gasteiger partial charge in [0, 0.05) is 31.6 Å². The zero-order valence-electron chi connectivity index (χ0n) is 12.8. The number of carbonyl (C=O) groups excluding carboxylic acids is 2. The van der Waals surface area contributed by atoms with Gasteiger partial charge in [-0.1, -0.05) is 0 Å². The van der Waals surface area contributed by atoms with Gasteiger partial charge in [0.1, 0.15) is 4.88 Å². The second kappa shape index (κ2) is 6.36. The van der Waals surface area contributed by atoms with Crippen LogP contribution >= 0.6 is 11.3 Å². The van der Waals surface area contributed by atoms with E-state index >= 15 is 0 Å². The van der Waals surface area contributed by atoms with E-state index in [9.17, 15) is 9.59 Å². The molecule has 0 aliphatic carbocycles. The molecule has 7 heteroatoms. The summed E-state index contributed by atoms with van der Waals surface area (Å²) in [5.41, 5.74) is 0. The average Bonchev–Trinajstić information content (AvgIpc) is 2.87. The SMILES string of the molecule is COC(=O)c1ccc(CN2C[C@@H]3COC[C@H](C2)N(C)C3=O)s1. The van der Waals surface area contributed by atoms with E-state index in [0.717, 1.165) is 18.0 Å². The van der Waals surface area contributed by atoms with Crippen LogP contribution in [0.5, 0.6) is 0 Å². The fourth-order valence-electron chi connectivity index (χ4n) is 3.01. The van der Waals surface area contributed by atoms with E-state index in [1.165, 1.54) is 18.4 Å². The summed E-state index contributed by atoms with van der Waals surface area (Å²) in [4.78, 5) is 29.7. The van der Waals surface area contributed by atoms with E-state index in [2.05, 4.69) is 4.90 Å². The fraction of sp³-hybridized carbons (Fsp3) is 0.600. The third-order valence-corrected chi connectivity index (χ3v) is 5.30. The highest BCUT2D eigenvalue weighted by Gasteiger charge is 2.37. The minimum atomic E-state index is -0.299. The smallest absolute Gasteiger partial charge is 0.348 e. The third kappa shape index (κ3) is 3.02. The molecule has 120 valence electrons. The van der Waals surface area contributed by atoms with Crippen LogP contribution in [0.25, 0.3) is 0 Å². The van der Waals surface area contributed by atoms with Crippen LogP contribution in [0.2, 0.25) is 0 Å². The molecule has 1 amide bonds. The molecule has 2 aliphatic heterocycles. The lowest BCUT2D eigenvalue weighted by molar-refractivity contribution is -0.133. The number of rotatable bonds is 3. The first kappa shape index (κ1) is 15.5. The van der Waals surface area contributed by atoms with Gasteiger partial charge in [0.25, 0.3) is 0 Å². The Morgan fingerprint density at radius 1 is 1.41 bits per heavy atom. The quantitative estimate of drug-likeness (QED) is 0.771. The van der Waals surface area contributed by atoms with Gasteiger partial charge in [-0.3, -0.25) is 9.69 Å². The number of carbonyl (C=O) groups is 2. The molecule has 0 unspecified atom stereocenters. The van der Waals surface area contributed by atoms with Gasteiger partial charge in [0.2, 0.25) is 5.91 Å². The predicted molar refractivity (Wildman–Crippen MR) is 81.8 cm³/mol.